The maximum Gasteiger partial charge on any atom is 0.317 e. The quantitative estimate of drug-likeness (QED) is 0.764. The Bertz CT molecular complexity index is 956. The van der Waals surface area contributed by atoms with Crippen molar-refractivity contribution in [1.82, 2.24) is 24.7 Å². The highest BCUT2D eigenvalue weighted by atomic mass is 16.5. The lowest BCUT2D eigenvalue weighted by Gasteiger charge is -2.37. The molecule has 3 aliphatic rings. The lowest BCUT2D eigenvalue weighted by atomic mass is 9.98. The molecule has 9 heteroatoms. The maximum absolute atomic E-state index is 13.2. The number of amides is 3. The van der Waals surface area contributed by atoms with Crippen LogP contribution in [0.25, 0.3) is 11.0 Å². The van der Waals surface area contributed by atoms with E-state index in [0.29, 0.717) is 57.8 Å². The Hall–Kier alpha value is -2.65. The fraction of sp³-hybridized carbons (Fsp3) is 0.591. The number of carbonyl (C=O) groups excluding carboxylic acids is 2. The fourth-order valence-corrected chi connectivity index (χ4v) is 5.17. The minimum atomic E-state index is -0.288. The molecule has 166 valence electrons. The third kappa shape index (κ3) is 3.99. The molecular formula is C22H29N5O4. The molecule has 0 aliphatic carbocycles. The minimum absolute atomic E-state index is 0.0358. The van der Waals surface area contributed by atoms with Crippen LogP contribution in [0.2, 0.25) is 0 Å². The van der Waals surface area contributed by atoms with Crippen molar-refractivity contribution in [3.05, 3.63) is 30.1 Å². The van der Waals surface area contributed by atoms with Crippen LogP contribution in [0.5, 0.6) is 0 Å². The first-order valence-electron chi connectivity index (χ1n) is 11.2. The molecule has 2 atom stereocenters. The molecule has 5 rings (SSSR count). The van der Waals surface area contributed by atoms with Crippen molar-refractivity contribution in [2.24, 2.45) is 0 Å². The summed E-state index contributed by atoms with van der Waals surface area (Å²) in [6.07, 6.45) is 4.76. The average Bonchev–Trinajstić information content (AvgIpc) is 3.31. The second-order valence-corrected chi connectivity index (χ2v) is 8.70. The van der Waals surface area contributed by atoms with Gasteiger partial charge in [-0.1, -0.05) is 0 Å². The lowest BCUT2D eigenvalue weighted by Crippen LogP contribution is -2.48. The predicted molar refractivity (Wildman–Crippen MR) is 114 cm³/mol. The van der Waals surface area contributed by atoms with Gasteiger partial charge in [-0.3, -0.25) is 4.79 Å². The van der Waals surface area contributed by atoms with Crippen molar-refractivity contribution in [1.29, 1.82) is 0 Å². The van der Waals surface area contributed by atoms with E-state index in [1.54, 1.807) is 11.2 Å². The predicted octanol–water partition coefficient (Wildman–Crippen LogP) is 1.21. The van der Waals surface area contributed by atoms with Crippen LogP contribution in [-0.4, -0.2) is 87.4 Å². The third-order valence-corrected chi connectivity index (χ3v) is 6.74. The molecule has 2 N–H and O–H groups in total. The number of nitrogens with one attached hydrogen (secondary N) is 1. The molecule has 0 saturated carbocycles. The Morgan fingerprint density at radius 2 is 1.90 bits per heavy atom. The second-order valence-electron chi connectivity index (χ2n) is 8.70. The standard InChI is InChI=1S/C22H29N5O4/c28-18-12-16-2-3-17(13-18)27(16)21(29)15-1-4-20-19(11-15)24-14-26(20)6-5-23-22(30)25-7-9-31-10-8-25/h1,4,11,14,16-18,28H,2-3,5-10,12-13H2,(H,23,30). The van der Waals surface area contributed by atoms with Gasteiger partial charge >= 0.3 is 6.03 Å². The third-order valence-electron chi connectivity index (χ3n) is 6.74. The van der Waals surface area contributed by atoms with Crippen LogP contribution in [0.4, 0.5) is 4.79 Å². The number of urea groups is 1. The zero-order chi connectivity index (χ0) is 21.4. The Labute approximate surface area is 181 Å². The largest absolute Gasteiger partial charge is 0.393 e. The molecule has 3 fully saturated rings. The number of fused-ring (bicyclic) bond motifs is 3. The van der Waals surface area contributed by atoms with Crippen molar-refractivity contribution >= 4 is 23.0 Å². The number of rotatable bonds is 4. The van der Waals surface area contributed by atoms with Gasteiger partial charge in [0, 0.05) is 43.8 Å². The molecule has 2 bridgehead atoms. The summed E-state index contributed by atoms with van der Waals surface area (Å²) in [4.78, 5) is 33.6. The normalized spacial score (nSPS) is 25.8. The summed E-state index contributed by atoms with van der Waals surface area (Å²) in [5, 5.41) is 12.9. The number of aromatic nitrogens is 2. The lowest BCUT2D eigenvalue weighted by molar-refractivity contribution is 0.0287. The SMILES string of the molecule is O=C(NCCn1cnc2cc(C(=O)N3C4CCC3CC(O)C4)ccc21)N1CCOCC1. The summed E-state index contributed by atoms with van der Waals surface area (Å²) in [5.74, 6) is 0.0358. The molecule has 1 aromatic carbocycles. The van der Waals surface area contributed by atoms with Gasteiger partial charge in [0.05, 0.1) is 36.7 Å². The number of benzene rings is 1. The van der Waals surface area contributed by atoms with Gasteiger partial charge in [-0.25, -0.2) is 9.78 Å². The van der Waals surface area contributed by atoms with Gasteiger partial charge in [-0.15, -0.1) is 0 Å². The number of piperidine rings is 1. The molecule has 0 spiro atoms. The highest BCUT2D eigenvalue weighted by molar-refractivity contribution is 5.98. The first-order chi connectivity index (χ1) is 15.1. The van der Waals surface area contributed by atoms with E-state index in [1.807, 2.05) is 27.7 Å². The molecule has 9 nitrogen and oxygen atoms in total. The zero-order valence-corrected chi connectivity index (χ0v) is 17.6. The van der Waals surface area contributed by atoms with E-state index in [1.165, 1.54) is 0 Å². The van der Waals surface area contributed by atoms with Crippen molar-refractivity contribution in [2.45, 2.75) is 50.4 Å². The van der Waals surface area contributed by atoms with Crippen LogP contribution in [0.15, 0.2) is 24.5 Å². The number of ether oxygens (including phenoxy) is 1. The summed E-state index contributed by atoms with van der Waals surface area (Å²) >= 11 is 0. The average molecular weight is 428 g/mol. The van der Waals surface area contributed by atoms with E-state index >= 15 is 0 Å². The van der Waals surface area contributed by atoms with Gasteiger partial charge in [0.25, 0.3) is 5.91 Å². The van der Waals surface area contributed by atoms with Crippen molar-refractivity contribution in [3.8, 4) is 0 Å². The van der Waals surface area contributed by atoms with Crippen LogP contribution in [0, 0.1) is 0 Å². The van der Waals surface area contributed by atoms with Crippen molar-refractivity contribution in [2.75, 3.05) is 32.8 Å². The molecule has 1 aromatic heterocycles. The zero-order valence-electron chi connectivity index (χ0n) is 17.6. The first kappa shape index (κ1) is 20.3. The molecule has 3 amide bonds. The maximum atomic E-state index is 13.2. The van der Waals surface area contributed by atoms with E-state index in [-0.39, 0.29) is 30.1 Å². The van der Waals surface area contributed by atoms with Gasteiger partial charge in [0.15, 0.2) is 0 Å². The minimum Gasteiger partial charge on any atom is -0.393 e. The molecule has 0 radical (unpaired) electrons. The smallest absolute Gasteiger partial charge is 0.317 e. The van der Waals surface area contributed by atoms with Crippen LogP contribution < -0.4 is 5.32 Å². The Morgan fingerprint density at radius 3 is 2.65 bits per heavy atom. The Kier molecular flexibility index (Phi) is 5.54. The number of aliphatic hydroxyl groups is 1. The molecule has 3 saturated heterocycles. The van der Waals surface area contributed by atoms with Crippen LogP contribution in [0.1, 0.15) is 36.0 Å². The Balaban J connectivity index is 1.23. The molecule has 2 unspecified atom stereocenters. The van der Waals surface area contributed by atoms with E-state index < -0.39 is 0 Å². The van der Waals surface area contributed by atoms with Gasteiger partial charge in [0.2, 0.25) is 0 Å². The number of aliphatic hydroxyl groups excluding tert-OH is 1. The molecule has 31 heavy (non-hydrogen) atoms. The molecule has 3 aliphatic heterocycles. The molecule has 4 heterocycles. The number of hydrogen-bond donors (Lipinski definition) is 2. The van der Waals surface area contributed by atoms with Crippen LogP contribution in [0.3, 0.4) is 0 Å². The van der Waals surface area contributed by atoms with Gasteiger partial charge in [0.1, 0.15) is 0 Å². The number of morpholine rings is 1. The number of hydrogen-bond acceptors (Lipinski definition) is 5. The van der Waals surface area contributed by atoms with Gasteiger partial charge < -0.3 is 29.5 Å². The van der Waals surface area contributed by atoms with Crippen LogP contribution in [-0.2, 0) is 11.3 Å². The molecule has 2 aromatic rings. The first-order valence-corrected chi connectivity index (χ1v) is 11.2. The molecular weight excluding hydrogens is 398 g/mol. The topological polar surface area (TPSA) is 99.9 Å². The highest BCUT2D eigenvalue weighted by Gasteiger charge is 2.42. The number of nitrogens with zero attached hydrogens (tertiary/aromatic N) is 4. The van der Waals surface area contributed by atoms with E-state index in [4.69, 9.17) is 4.74 Å². The summed E-state index contributed by atoms with van der Waals surface area (Å²) < 4.78 is 7.26. The highest BCUT2D eigenvalue weighted by Crippen LogP contribution is 2.37. The monoisotopic (exact) mass is 427 g/mol. The van der Waals surface area contributed by atoms with E-state index in [0.717, 1.165) is 23.9 Å². The fourth-order valence-electron chi connectivity index (χ4n) is 5.17. The van der Waals surface area contributed by atoms with E-state index in [2.05, 4.69) is 10.3 Å². The van der Waals surface area contributed by atoms with Crippen LogP contribution >= 0.6 is 0 Å². The summed E-state index contributed by atoms with van der Waals surface area (Å²) in [5.41, 5.74) is 2.36. The number of imidazole rings is 1. The van der Waals surface area contributed by atoms with Crippen molar-refractivity contribution in [3.63, 3.8) is 0 Å². The summed E-state index contributed by atoms with van der Waals surface area (Å²) in [6, 6.07) is 5.86. The number of carbonyl (C=O) groups is 2. The second kappa shape index (κ2) is 8.47. The summed E-state index contributed by atoms with van der Waals surface area (Å²) in [7, 11) is 0. The van der Waals surface area contributed by atoms with Gasteiger partial charge in [-0.05, 0) is 43.9 Å². The summed E-state index contributed by atoms with van der Waals surface area (Å²) in [6.45, 7) is 3.51. The van der Waals surface area contributed by atoms with Crippen molar-refractivity contribution < 1.29 is 19.4 Å². The van der Waals surface area contributed by atoms with E-state index in [9.17, 15) is 14.7 Å². The Morgan fingerprint density at radius 1 is 1.16 bits per heavy atom. The van der Waals surface area contributed by atoms with Gasteiger partial charge in [-0.2, -0.15) is 0 Å².